The Hall–Kier alpha value is -2.33. The molecular formula is C16H17NO3. The molecule has 2 aromatic carbocycles. The highest BCUT2D eigenvalue weighted by Crippen LogP contribution is 2.18. The molecule has 4 heteroatoms. The van der Waals surface area contributed by atoms with Gasteiger partial charge in [-0.15, -0.1) is 0 Å². The van der Waals surface area contributed by atoms with Crippen molar-refractivity contribution < 1.29 is 15.0 Å². The molecule has 3 N–H and O–H groups in total. The first-order chi connectivity index (χ1) is 9.65. The van der Waals surface area contributed by atoms with Crippen LogP contribution in [-0.4, -0.2) is 16.2 Å². The van der Waals surface area contributed by atoms with Crippen molar-refractivity contribution in [2.24, 2.45) is 0 Å². The van der Waals surface area contributed by atoms with Crippen molar-refractivity contribution in [2.75, 3.05) is 0 Å². The van der Waals surface area contributed by atoms with E-state index in [-0.39, 0.29) is 18.2 Å². The minimum atomic E-state index is -0.836. The molecule has 1 atom stereocenters. The summed E-state index contributed by atoms with van der Waals surface area (Å²) in [5, 5.41) is 21.5. The number of carboxylic acid groups (broad SMARTS) is 1. The number of carbonyl (C=O) groups is 1. The summed E-state index contributed by atoms with van der Waals surface area (Å²) in [5.41, 5.74) is 1.95. The molecule has 2 rings (SSSR count). The molecule has 104 valence electrons. The zero-order chi connectivity index (χ0) is 14.4. The molecule has 0 radical (unpaired) electrons. The third-order valence-electron chi connectivity index (χ3n) is 3.07. The Morgan fingerprint density at radius 1 is 1.05 bits per heavy atom. The average Bonchev–Trinajstić information content (AvgIpc) is 2.46. The van der Waals surface area contributed by atoms with Gasteiger partial charge >= 0.3 is 5.97 Å². The summed E-state index contributed by atoms with van der Waals surface area (Å²) in [6.45, 7) is 0.549. The summed E-state index contributed by atoms with van der Waals surface area (Å²) in [6, 6.07) is 16.1. The zero-order valence-corrected chi connectivity index (χ0v) is 11.0. The summed E-state index contributed by atoms with van der Waals surface area (Å²) >= 11 is 0. The lowest BCUT2D eigenvalue weighted by molar-refractivity contribution is -0.137. The van der Waals surface area contributed by atoms with E-state index in [0.717, 1.165) is 11.1 Å². The average molecular weight is 271 g/mol. The van der Waals surface area contributed by atoms with Crippen LogP contribution in [0.25, 0.3) is 0 Å². The first-order valence-corrected chi connectivity index (χ1v) is 6.43. The van der Waals surface area contributed by atoms with E-state index in [1.807, 2.05) is 42.5 Å². The monoisotopic (exact) mass is 271 g/mol. The number of benzene rings is 2. The number of carboxylic acids is 1. The van der Waals surface area contributed by atoms with Crippen LogP contribution in [0.4, 0.5) is 0 Å². The van der Waals surface area contributed by atoms with Crippen molar-refractivity contribution in [2.45, 2.75) is 19.0 Å². The molecule has 0 bridgehead atoms. The van der Waals surface area contributed by atoms with Gasteiger partial charge in [-0.2, -0.15) is 0 Å². The molecule has 0 heterocycles. The fraction of sp³-hybridized carbons (Fsp3) is 0.188. The van der Waals surface area contributed by atoms with Crippen LogP contribution in [-0.2, 0) is 11.3 Å². The summed E-state index contributed by atoms with van der Waals surface area (Å²) in [4.78, 5) is 11.0. The van der Waals surface area contributed by atoms with Crippen LogP contribution in [0.2, 0.25) is 0 Å². The maximum absolute atomic E-state index is 11.0. The molecule has 4 nitrogen and oxygen atoms in total. The molecule has 0 aliphatic rings. The van der Waals surface area contributed by atoms with Crippen LogP contribution < -0.4 is 5.32 Å². The van der Waals surface area contributed by atoms with E-state index >= 15 is 0 Å². The molecule has 0 spiro atoms. The van der Waals surface area contributed by atoms with Gasteiger partial charge in [0.1, 0.15) is 5.75 Å². The van der Waals surface area contributed by atoms with Crippen LogP contribution >= 0.6 is 0 Å². The van der Waals surface area contributed by atoms with Crippen molar-refractivity contribution in [1.82, 2.24) is 5.32 Å². The molecule has 0 amide bonds. The van der Waals surface area contributed by atoms with Crippen LogP contribution in [0.5, 0.6) is 5.75 Å². The molecule has 2 aromatic rings. The van der Waals surface area contributed by atoms with Gasteiger partial charge in [-0.05, 0) is 23.3 Å². The molecule has 0 saturated heterocycles. The second-order valence-corrected chi connectivity index (χ2v) is 4.61. The number of phenolic OH excluding ortho intramolecular Hbond substituents is 1. The Labute approximate surface area is 117 Å². The molecule has 0 saturated carbocycles. The minimum absolute atomic E-state index is 0.0299. The number of hydrogen-bond acceptors (Lipinski definition) is 3. The van der Waals surface area contributed by atoms with E-state index in [2.05, 4.69) is 5.32 Å². The summed E-state index contributed by atoms with van der Waals surface area (Å²) in [5.74, 6) is -0.615. The lowest BCUT2D eigenvalue weighted by Crippen LogP contribution is -2.23. The number of nitrogens with one attached hydrogen (secondary N) is 1. The Kier molecular flexibility index (Phi) is 4.74. The predicted octanol–water partition coefficient (Wildman–Crippen LogP) is 2.70. The molecule has 0 aromatic heterocycles. The van der Waals surface area contributed by atoms with Gasteiger partial charge in [0.05, 0.1) is 6.42 Å². The second kappa shape index (κ2) is 6.73. The van der Waals surface area contributed by atoms with Crippen molar-refractivity contribution in [3.63, 3.8) is 0 Å². The van der Waals surface area contributed by atoms with E-state index in [9.17, 15) is 9.90 Å². The van der Waals surface area contributed by atoms with Crippen LogP contribution in [0.3, 0.4) is 0 Å². The van der Waals surface area contributed by atoms with Gasteiger partial charge in [0.2, 0.25) is 0 Å². The lowest BCUT2D eigenvalue weighted by Gasteiger charge is -2.17. The summed E-state index contributed by atoms with van der Waals surface area (Å²) < 4.78 is 0. The molecular weight excluding hydrogens is 254 g/mol. The lowest BCUT2D eigenvalue weighted by atomic mass is 10.0. The fourth-order valence-corrected chi connectivity index (χ4v) is 2.02. The summed E-state index contributed by atoms with van der Waals surface area (Å²) in [6.07, 6.45) is 0.0299. The highest BCUT2D eigenvalue weighted by molar-refractivity contribution is 5.67. The molecule has 0 unspecified atom stereocenters. The number of rotatable bonds is 6. The summed E-state index contributed by atoms with van der Waals surface area (Å²) in [7, 11) is 0. The number of aromatic hydroxyl groups is 1. The van der Waals surface area contributed by atoms with E-state index < -0.39 is 5.97 Å². The van der Waals surface area contributed by atoms with Crippen LogP contribution in [0.1, 0.15) is 23.6 Å². The van der Waals surface area contributed by atoms with E-state index in [0.29, 0.717) is 6.54 Å². The van der Waals surface area contributed by atoms with Gasteiger partial charge in [-0.3, -0.25) is 4.79 Å². The first kappa shape index (κ1) is 14.1. The zero-order valence-electron chi connectivity index (χ0n) is 11.0. The Balaban J connectivity index is 2.04. The fourth-order valence-electron chi connectivity index (χ4n) is 2.02. The maximum Gasteiger partial charge on any atom is 0.305 e. The predicted molar refractivity (Wildman–Crippen MR) is 76.4 cm³/mol. The third-order valence-corrected chi connectivity index (χ3v) is 3.07. The number of aliphatic carboxylic acids is 1. The topological polar surface area (TPSA) is 69.6 Å². The molecule has 0 fully saturated rings. The van der Waals surface area contributed by atoms with Gasteiger partial charge in [0.25, 0.3) is 0 Å². The van der Waals surface area contributed by atoms with E-state index in [1.54, 1.807) is 12.1 Å². The highest BCUT2D eigenvalue weighted by atomic mass is 16.4. The Bertz CT molecular complexity index is 552. The quantitative estimate of drug-likeness (QED) is 0.755. The molecule has 0 aliphatic carbocycles. The Morgan fingerprint density at radius 3 is 2.30 bits per heavy atom. The van der Waals surface area contributed by atoms with E-state index in [1.165, 1.54) is 0 Å². The highest BCUT2D eigenvalue weighted by Gasteiger charge is 2.14. The van der Waals surface area contributed by atoms with Crippen molar-refractivity contribution >= 4 is 5.97 Å². The molecule has 0 aliphatic heterocycles. The minimum Gasteiger partial charge on any atom is -0.508 e. The third kappa shape index (κ3) is 4.10. The maximum atomic E-state index is 11.0. The van der Waals surface area contributed by atoms with Gasteiger partial charge in [-0.1, -0.05) is 42.5 Å². The molecule has 20 heavy (non-hydrogen) atoms. The van der Waals surface area contributed by atoms with Crippen molar-refractivity contribution in [3.05, 3.63) is 65.7 Å². The van der Waals surface area contributed by atoms with Gasteiger partial charge in [-0.25, -0.2) is 0 Å². The van der Waals surface area contributed by atoms with Crippen LogP contribution in [0, 0.1) is 0 Å². The Morgan fingerprint density at radius 2 is 1.70 bits per heavy atom. The van der Waals surface area contributed by atoms with Gasteiger partial charge < -0.3 is 15.5 Å². The smallest absolute Gasteiger partial charge is 0.305 e. The number of phenols is 1. The largest absolute Gasteiger partial charge is 0.508 e. The standard InChI is InChI=1S/C16H17NO3/c18-14-8-6-12(7-9-14)11-17-15(10-16(19)20)13-4-2-1-3-5-13/h1-9,15,17-18H,10-11H2,(H,19,20)/t15-/m0/s1. The van der Waals surface area contributed by atoms with Crippen molar-refractivity contribution in [3.8, 4) is 5.75 Å². The van der Waals surface area contributed by atoms with Gasteiger partial charge in [0, 0.05) is 12.6 Å². The normalized spacial score (nSPS) is 12.0. The van der Waals surface area contributed by atoms with Gasteiger partial charge in [0.15, 0.2) is 0 Å². The van der Waals surface area contributed by atoms with E-state index in [4.69, 9.17) is 5.11 Å². The SMILES string of the molecule is O=C(O)C[C@H](NCc1ccc(O)cc1)c1ccccc1. The first-order valence-electron chi connectivity index (χ1n) is 6.43. The van der Waals surface area contributed by atoms with Crippen LogP contribution in [0.15, 0.2) is 54.6 Å². The number of hydrogen-bond donors (Lipinski definition) is 3. The second-order valence-electron chi connectivity index (χ2n) is 4.61. The van der Waals surface area contributed by atoms with Crippen molar-refractivity contribution in [1.29, 1.82) is 0 Å².